The largest absolute Gasteiger partial charge is 0.477 e. The van der Waals surface area contributed by atoms with E-state index in [1.165, 1.54) is 11.8 Å². The SMILES string of the molecule is CSc1nc(Cl)cc(OCC2CC=CCC2C)n1. The summed E-state index contributed by atoms with van der Waals surface area (Å²) in [6, 6.07) is 1.67. The molecule has 2 unspecified atom stereocenters. The molecule has 3 nitrogen and oxygen atoms in total. The molecule has 98 valence electrons. The van der Waals surface area contributed by atoms with Crippen LogP contribution in [-0.4, -0.2) is 22.8 Å². The van der Waals surface area contributed by atoms with Gasteiger partial charge in [0, 0.05) is 6.07 Å². The molecule has 1 aliphatic rings. The third kappa shape index (κ3) is 3.62. The van der Waals surface area contributed by atoms with Gasteiger partial charge >= 0.3 is 0 Å². The van der Waals surface area contributed by atoms with E-state index in [0.717, 1.165) is 12.8 Å². The standard InChI is InChI=1S/C13H17ClN2OS/c1-9-5-3-4-6-10(9)8-17-12-7-11(14)15-13(16-12)18-2/h3-4,7,9-10H,5-6,8H2,1-2H3. The molecule has 0 bridgehead atoms. The van der Waals surface area contributed by atoms with Crippen LogP contribution in [0.5, 0.6) is 5.88 Å². The highest BCUT2D eigenvalue weighted by Crippen LogP contribution is 2.26. The molecule has 5 heteroatoms. The molecule has 0 saturated carbocycles. The summed E-state index contributed by atoms with van der Waals surface area (Å²) >= 11 is 7.38. The van der Waals surface area contributed by atoms with E-state index in [1.807, 2.05) is 6.26 Å². The second-order valence-corrected chi connectivity index (χ2v) is 5.67. The molecule has 0 saturated heterocycles. The smallest absolute Gasteiger partial charge is 0.218 e. The molecule has 18 heavy (non-hydrogen) atoms. The van der Waals surface area contributed by atoms with Crippen LogP contribution in [0.3, 0.4) is 0 Å². The van der Waals surface area contributed by atoms with E-state index in [2.05, 4.69) is 29.0 Å². The number of thioether (sulfide) groups is 1. The van der Waals surface area contributed by atoms with Crippen molar-refractivity contribution in [2.24, 2.45) is 11.8 Å². The topological polar surface area (TPSA) is 35.0 Å². The minimum atomic E-state index is 0.431. The number of allylic oxidation sites excluding steroid dienone is 2. The third-order valence-corrected chi connectivity index (χ3v) is 3.94. The monoisotopic (exact) mass is 284 g/mol. The Kier molecular flexibility index (Phi) is 4.89. The van der Waals surface area contributed by atoms with Gasteiger partial charge < -0.3 is 4.74 Å². The van der Waals surface area contributed by atoms with Crippen LogP contribution in [0, 0.1) is 11.8 Å². The Morgan fingerprint density at radius 1 is 1.39 bits per heavy atom. The van der Waals surface area contributed by atoms with Crippen molar-refractivity contribution >= 4 is 23.4 Å². The second-order valence-electron chi connectivity index (χ2n) is 4.51. The number of ether oxygens (including phenoxy) is 1. The fourth-order valence-electron chi connectivity index (χ4n) is 1.97. The molecule has 0 aromatic carbocycles. The summed E-state index contributed by atoms with van der Waals surface area (Å²) in [5.41, 5.74) is 0. The van der Waals surface area contributed by atoms with Gasteiger partial charge in [-0.3, -0.25) is 0 Å². The van der Waals surface area contributed by atoms with Crippen LogP contribution < -0.4 is 4.74 Å². The van der Waals surface area contributed by atoms with Crippen LogP contribution in [0.4, 0.5) is 0 Å². The molecule has 1 aliphatic carbocycles. The summed E-state index contributed by atoms with van der Waals surface area (Å²) < 4.78 is 5.76. The molecule has 1 heterocycles. The van der Waals surface area contributed by atoms with Crippen LogP contribution in [0.25, 0.3) is 0 Å². The number of aromatic nitrogens is 2. The Hall–Kier alpha value is -0.740. The van der Waals surface area contributed by atoms with Crippen molar-refractivity contribution < 1.29 is 4.74 Å². The average Bonchev–Trinajstić information content (AvgIpc) is 2.37. The first-order chi connectivity index (χ1) is 8.69. The summed E-state index contributed by atoms with van der Waals surface area (Å²) in [6.07, 6.45) is 8.61. The van der Waals surface area contributed by atoms with Crippen molar-refractivity contribution in [1.29, 1.82) is 0 Å². The van der Waals surface area contributed by atoms with Crippen molar-refractivity contribution in [2.75, 3.05) is 12.9 Å². The molecule has 0 N–H and O–H groups in total. The van der Waals surface area contributed by atoms with Crippen molar-refractivity contribution in [3.63, 3.8) is 0 Å². The highest BCUT2D eigenvalue weighted by Gasteiger charge is 2.19. The van der Waals surface area contributed by atoms with Crippen LogP contribution in [0.15, 0.2) is 23.4 Å². The first-order valence-corrected chi connectivity index (χ1v) is 7.65. The van der Waals surface area contributed by atoms with Gasteiger partial charge in [-0.15, -0.1) is 0 Å². The predicted octanol–water partition coefficient (Wildman–Crippen LogP) is 3.83. The highest BCUT2D eigenvalue weighted by atomic mass is 35.5. The highest BCUT2D eigenvalue weighted by molar-refractivity contribution is 7.98. The van der Waals surface area contributed by atoms with Crippen LogP contribution >= 0.6 is 23.4 Å². The molecule has 0 spiro atoms. The Balaban J connectivity index is 1.97. The Morgan fingerprint density at radius 3 is 2.89 bits per heavy atom. The average molecular weight is 285 g/mol. The zero-order valence-corrected chi connectivity index (χ0v) is 12.2. The molecule has 0 fully saturated rings. The van der Waals surface area contributed by atoms with Crippen LogP contribution in [0.1, 0.15) is 19.8 Å². The summed E-state index contributed by atoms with van der Waals surface area (Å²) in [4.78, 5) is 8.38. The van der Waals surface area contributed by atoms with E-state index in [4.69, 9.17) is 16.3 Å². The molecular weight excluding hydrogens is 268 g/mol. The number of rotatable bonds is 4. The number of halogens is 1. The van der Waals surface area contributed by atoms with E-state index in [9.17, 15) is 0 Å². The molecule has 1 aromatic rings. The lowest BCUT2D eigenvalue weighted by molar-refractivity contribution is 0.191. The second kappa shape index (κ2) is 6.43. The molecule has 2 atom stereocenters. The van der Waals surface area contributed by atoms with Crippen molar-refractivity contribution in [1.82, 2.24) is 9.97 Å². The number of nitrogens with zero attached hydrogens (tertiary/aromatic N) is 2. The van der Waals surface area contributed by atoms with Gasteiger partial charge in [-0.2, -0.15) is 4.98 Å². The Morgan fingerprint density at radius 2 is 2.17 bits per heavy atom. The lowest BCUT2D eigenvalue weighted by Gasteiger charge is -2.24. The van der Waals surface area contributed by atoms with E-state index < -0.39 is 0 Å². The molecule has 2 rings (SSSR count). The summed E-state index contributed by atoms with van der Waals surface area (Å²) in [5, 5.41) is 1.08. The fourth-order valence-corrected chi connectivity index (χ4v) is 2.57. The Bertz CT molecular complexity index is 439. The van der Waals surface area contributed by atoms with E-state index in [-0.39, 0.29) is 0 Å². The van der Waals surface area contributed by atoms with Gasteiger partial charge in [0.15, 0.2) is 5.16 Å². The van der Waals surface area contributed by atoms with Gasteiger partial charge in [-0.1, -0.05) is 42.4 Å². The number of hydrogen-bond donors (Lipinski definition) is 0. The maximum atomic E-state index is 5.92. The molecule has 0 radical (unpaired) electrons. The van der Waals surface area contributed by atoms with Gasteiger partial charge in [-0.25, -0.2) is 4.98 Å². The van der Waals surface area contributed by atoms with E-state index >= 15 is 0 Å². The van der Waals surface area contributed by atoms with Gasteiger partial charge in [0.1, 0.15) is 5.15 Å². The van der Waals surface area contributed by atoms with Crippen LogP contribution in [0.2, 0.25) is 5.15 Å². The lowest BCUT2D eigenvalue weighted by Crippen LogP contribution is -2.21. The summed E-state index contributed by atoms with van der Waals surface area (Å²) in [5.74, 6) is 1.79. The maximum absolute atomic E-state index is 5.92. The number of hydrogen-bond acceptors (Lipinski definition) is 4. The third-order valence-electron chi connectivity index (χ3n) is 3.20. The summed E-state index contributed by atoms with van der Waals surface area (Å²) in [7, 11) is 0. The molecule has 0 amide bonds. The summed E-state index contributed by atoms with van der Waals surface area (Å²) in [6.45, 7) is 2.95. The first-order valence-electron chi connectivity index (χ1n) is 6.05. The van der Waals surface area contributed by atoms with Crippen molar-refractivity contribution in [2.45, 2.75) is 24.9 Å². The van der Waals surface area contributed by atoms with E-state index in [1.54, 1.807) is 6.07 Å². The molecule has 0 aliphatic heterocycles. The Labute approximate surface area is 117 Å². The minimum absolute atomic E-state index is 0.431. The van der Waals surface area contributed by atoms with Crippen LogP contribution in [-0.2, 0) is 0 Å². The zero-order valence-electron chi connectivity index (χ0n) is 10.6. The fraction of sp³-hybridized carbons (Fsp3) is 0.538. The van der Waals surface area contributed by atoms with Crippen molar-refractivity contribution in [3.8, 4) is 5.88 Å². The van der Waals surface area contributed by atoms with E-state index in [0.29, 0.717) is 34.6 Å². The molecular formula is C13H17ClN2OS. The minimum Gasteiger partial charge on any atom is -0.477 e. The first kappa shape index (κ1) is 13.7. The quantitative estimate of drug-likeness (QED) is 0.364. The maximum Gasteiger partial charge on any atom is 0.218 e. The van der Waals surface area contributed by atoms with Crippen molar-refractivity contribution in [3.05, 3.63) is 23.4 Å². The van der Waals surface area contributed by atoms with Gasteiger partial charge in [0.25, 0.3) is 0 Å². The van der Waals surface area contributed by atoms with Gasteiger partial charge in [0.2, 0.25) is 5.88 Å². The zero-order chi connectivity index (χ0) is 13.0. The van der Waals surface area contributed by atoms with Gasteiger partial charge in [-0.05, 0) is 30.9 Å². The normalized spacial score (nSPS) is 23.1. The lowest BCUT2D eigenvalue weighted by atomic mass is 9.85. The van der Waals surface area contributed by atoms with Gasteiger partial charge in [0.05, 0.1) is 6.61 Å². The molecule has 1 aromatic heterocycles. The predicted molar refractivity (Wildman–Crippen MR) is 75.3 cm³/mol.